The molecule has 1 unspecified atom stereocenters. The van der Waals surface area contributed by atoms with Crippen molar-refractivity contribution in [1.29, 1.82) is 0 Å². The smallest absolute Gasteiger partial charge is 0.350 e. The lowest BCUT2D eigenvalue weighted by Gasteiger charge is -2.38. The quantitative estimate of drug-likeness (QED) is 0.419. The maximum Gasteiger partial charge on any atom is 0.350 e. The Morgan fingerprint density at radius 1 is 1.10 bits per heavy atom. The number of carbonyl (C=O) groups excluding carboxylic acids is 1. The number of aromatic nitrogens is 2. The monoisotopic (exact) mass is 594 g/mol. The molecule has 0 saturated carbocycles. The van der Waals surface area contributed by atoms with Crippen molar-refractivity contribution in [2.75, 3.05) is 69.6 Å². The van der Waals surface area contributed by atoms with Gasteiger partial charge < -0.3 is 14.7 Å². The average Bonchev–Trinajstić information content (AvgIpc) is 3.20. The summed E-state index contributed by atoms with van der Waals surface area (Å²) >= 11 is 1.64. The molecule has 4 heterocycles. The van der Waals surface area contributed by atoms with Crippen LogP contribution in [0.15, 0.2) is 46.6 Å². The number of aryl methyl sites for hydroxylation is 1. The van der Waals surface area contributed by atoms with Crippen LogP contribution in [0.1, 0.15) is 12.5 Å². The number of carbonyl (C=O) groups is 1. The maximum absolute atomic E-state index is 15.3. The molecule has 3 aromatic rings. The lowest BCUT2D eigenvalue weighted by molar-refractivity contribution is -0.126. The molecule has 2 fully saturated rings. The van der Waals surface area contributed by atoms with Gasteiger partial charge in [0.15, 0.2) is 0 Å². The van der Waals surface area contributed by atoms with Crippen LogP contribution < -0.4 is 10.6 Å². The Morgan fingerprint density at radius 3 is 2.50 bits per heavy atom. The zero-order valence-corrected chi connectivity index (χ0v) is 24.9. The standard InChI is InChI=1S/C31H36F2N6O2S/c1-4-26(40)37-12-14-38(15-13-37)30-24-16-20(3)27(23-7-6-21(32)17-25(23)33)29-28(24)39(31(41)34-30)18-22(19-42-29)36-10-8-35(5-2)9-11-36/h4,6-7,16-17,22H,1,5,8-15,18-19H2,2-3H3. The van der Waals surface area contributed by atoms with Gasteiger partial charge in [-0.2, -0.15) is 4.98 Å². The Morgan fingerprint density at radius 2 is 1.83 bits per heavy atom. The molecule has 2 aromatic carbocycles. The van der Waals surface area contributed by atoms with Gasteiger partial charge in [-0.05, 0) is 43.3 Å². The van der Waals surface area contributed by atoms with Crippen molar-refractivity contribution in [1.82, 2.24) is 24.3 Å². The topological polar surface area (TPSA) is 64.9 Å². The predicted molar refractivity (Wildman–Crippen MR) is 163 cm³/mol. The van der Waals surface area contributed by atoms with Crippen LogP contribution in [0, 0.1) is 18.6 Å². The number of amides is 1. The number of rotatable bonds is 5. The van der Waals surface area contributed by atoms with Crippen LogP contribution in [0.3, 0.4) is 0 Å². The molecule has 6 rings (SSSR count). The summed E-state index contributed by atoms with van der Waals surface area (Å²) in [7, 11) is 0. The molecule has 3 aliphatic heterocycles. The van der Waals surface area contributed by atoms with Gasteiger partial charge in [0.05, 0.1) is 5.52 Å². The number of thioether (sulfide) groups is 1. The fourth-order valence-electron chi connectivity index (χ4n) is 6.48. The highest BCUT2D eigenvalue weighted by Crippen LogP contribution is 2.44. The van der Waals surface area contributed by atoms with Gasteiger partial charge >= 0.3 is 5.69 Å². The Kier molecular flexibility index (Phi) is 8.08. The predicted octanol–water partition coefficient (Wildman–Crippen LogP) is 3.60. The number of nitrogens with zero attached hydrogens (tertiary/aromatic N) is 6. The lowest BCUT2D eigenvalue weighted by Crippen LogP contribution is -2.52. The number of hydrogen-bond donors (Lipinski definition) is 0. The van der Waals surface area contributed by atoms with Crippen molar-refractivity contribution in [2.24, 2.45) is 0 Å². The molecule has 0 radical (unpaired) electrons. The molecule has 1 amide bonds. The Bertz CT molecular complexity index is 1590. The molecule has 0 N–H and O–H groups in total. The van der Waals surface area contributed by atoms with Crippen molar-refractivity contribution >= 4 is 34.4 Å². The first kappa shape index (κ1) is 28.8. The van der Waals surface area contributed by atoms with E-state index in [0.29, 0.717) is 49.7 Å². The molecular weight excluding hydrogens is 558 g/mol. The highest BCUT2D eigenvalue weighted by Gasteiger charge is 2.32. The second-order valence-corrected chi connectivity index (χ2v) is 12.2. The highest BCUT2D eigenvalue weighted by molar-refractivity contribution is 7.99. The molecule has 1 atom stereocenters. The van der Waals surface area contributed by atoms with Crippen LogP contribution in [0.2, 0.25) is 0 Å². The van der Waals surface area contributed by atoms with Crippen molar-refractivity contribution < 1.29 is 13.6 Å². The molecule has 2 saturated heterocycles. The van der Waals surface area contributed by atoms with Gasteiger partial charge in [-0.3, -0.25) is 14.3 Å². The third-order valence-corrected chi connectivity index (χ3v) is 10.1. The molecule has 222 valence electrons. The molecule has 1 aromatic heterocycles. The largest absolute Gasteiger partial charge is 0.352 e. The maximum atomic E-state index is 15.3. The van der Waals surface area contributed by atoms with Crippen molar-refractivity contribution in [2.45, 2.75) is 31.3 Å². The summed E-state index contributed by atoms with van der Waals surface area (Å²) in [5.41, 5.74) is 2.26. The Hall–Kier alpha value is -3.28. The van der Waals surface area contributed by atoms with Crippen molar-refractivity contribution in [3.05, 3.63) is 64.6 Å². The lowest BCUT2D eigenvalue weighted by atomic mass is 9.97. The van der Waals surface area contributed by atoms with E-state index < -0.39 is 11.6 Å². The second-order valence-electron chi connectivity index (χ2n) is 11.2. The third-order valence-electron chi connectivity index (χ3n) is 8.85. The number of likely N-dealkylation sites (N-methyl/N-ethyl adjacent to an activating group) is 1. The van der Waals surface area contributed by atoms with Gasteiger partial charge in [-0.25, -0.2) is 13.6 Å². The van der Waals surface area contributed by atoms with Crippen LogP contribution in [0.5, 0.6) is 0 Å². The molecular formula is C31H36F2N6O2S. The number of halogens is 2. The Balaban J connectivity index is 1.48. The first-order valence-corrected chi connectivity index (χ1v) is 15.6. The zero-order chi connectivity index (χ0) is 29.5. The summed E-state index contributed by atoms with van der Waals surface area (Å²) in [6.07, 6.45) is 1.32. The van der Waals surface area contributed by atoms with Crippen LogP contribution in [-0.4, -0.2) is 101 Å². The van der Waals surface area contributed by atoms with Crippen LogP contribution in [0.25, 0.3) is 22.0 Å². The molecule has 3 aliphatic rings. The van der Waals surface area contributed by atoms with Gasteiger partial charge in [0, 0.05) is 98.2 Å². The van der Waals surface area contributed by atoms with E-state index in [0.717, 1.165) is 65.9 Å². The zero-order valence-electron chi connectivity index (χ0n) is 24.1. The van der Waals surface area contributed by atoms with Crippen molar-refractivity contribution in [3.8, 4) is 11.1 Å². The molecule has 42 heavy (non-hydrogen) atoms. The Labute approximate surface area is 248 Å². The van der Waals surface area contributed by atoms with E-state index in [1.807, 2.05) is 13.0 Å². The summed E-state index contributed by atoms with van der Waals surface area (Å²) in [6.45, 7) is 15.1. The average molecular weight is 595 g/mol. The number of piperazine rings is 2. The van der Waals surface area contributed by atoms with E-state index in [4.69, 9.17) is 0 Å². The van der Waals surface area contributed by atoms with E-state index in [-0.39, 0.29) is 17.6 Å². The summed E-state index contributed by atoms with van der Waals surface area (Å²) in [5.74, 6) is -0.0451. The fraction of sp³-hybridized carbons (Fsp3) is 0.452. The molecule has 0 aliphatic carbocycles. The number of hydrogen-bond acceptors (Lipinski definition) is 7. The van der Waals surface area contributed by atoms with Gasteiger partial charge in [0.2, 0.25) is 5.91 Å². The minimum absolute atomic E-state index is 0.106. The minimum atomic E-state index is -0.628. The molecule has 0 spiro atoms. The SMILES string of the molecule is C=CC(=O)N1CCN(c2nc(=O)n3c4c(c(-c5ccc(F)cc5F)c(C)cc24)SCC(N2CCN(CC)CC2)C3)CC1. The first-order valence-electron chi connectivity index (χ1n) is 14.6. The summed E-state index contributed by atoms with van der Waals surface area (Å²) in [4.78, 5) is 40.2. The van der Waals surface area contributed by atoms with E-state index in [9.17, 15) is 14.0 Å². The fourth-order valence-corrected chi connectivity index (χ4v) is 7.92. The summed E-state index contributed by atoms with van der Waals surface area (Å²) < 4.78 is 31.0. The van der Waals surface area contributed by atoms with Crippen LogP contribution in [0.4, 0.5) is 14.6 Å². The molecule has 11 heteroatoms. The third kappa shape index (κ3) is 5.22. The first-order chi connectivity index (χ1) is 20.3. The van der Waals surface area contributed by atoms with Crippen LogP contribution in [-0.2, 0) is 11.3 Å². The summed E-state index contributed by atoms with van der Waals surface area (Å²) in [5, 5.41) is 0.834. The van der Waals surface area contributed by atoms with E-state index in [1.165, 1.54) is 18.2 Å². The van der Waals surface area contributed by atoms with Gasteiger partial charge in [0.1, 0.15) is 17.5 Å². The molecule has 0 bridgehead atoms. The van der Waals surface area contributed by atoms with E-state index in [1.54, 1.807) is 21.2 Å². The highest BCUT2D eigenvalue weighted by atomic mass is 32.2. The second kappa shape index (κ2) is 11.8. The minimum Gasteiger partial charge on any atom is -0.352 e. The summed E-state index contributed by atoms with van der Waals surface area (Å²) in [6, 6.07) is 5.77. The molecule has 8 nitrogen and oxygen atoms in total. The van der Waals surface area contributed by atoms with Gasteiger partial charge in [-0.15, -0.1) is 11.8 Å². The van der Waals surface area contributed by atoms with E-state index >= 15 is 4.39 Å². The van der Waals surface area contributed by atoms with Crippen molar-refractivity contribution in [3.63, 3.8) is 0 Å². The normalized spacial score (nSPS) is 20.1. The van der Waals surface area contributed by atoms with Gasteiger partial charge in [-0.1, -0.05) is 13.5 Å². The van der Waals surface area contributed by atoms with Gasteiger partial charge in [0.25, 0.3) is 0 Å². The van der Waals surface area contributed by atoms with E-state index in [2.05, 4.69) is 33.2 Å². The number of benzene rings is 2. The number of anilines is 1. The van der Waals surface area contributed by atoms with Crippen LogP contribution >= 0.6 is 11.8 Å².